The fourth-order valence-corrected chi connectivity index (χ4v) is 2.82. The fraction of sp³-hybridized carbons (Fsp3) is 0.538. The average molecular weight is 242 g/mol. The van der Waals surface area contributed by atoms with Crippen LogP contribution in [0, 0.1) is 11.7 Å². The van der Waals surface area contributed by atoms with E-state index in [0.717, 1.165) is 5.56 Å². The van der Waals surface area contributed by atoms with Crippen LogP contribution in [0.3, 0.4) is 0 Å². The topological polar surface area (TPSA) is 26.0 Å². The van der Waals surface area contributed by atoms with E-state index in [4.69, 9.17) is 17.3 Å². The smallest absolute Gasteiger partial charge is 0.142 e. The van der Waals surface area contributed by atoms with Crippen molar-refractivity contribution in [2.24, 2.45) is 11.7 Å². The predicted octanol–water partition coefficient (Wildman–Crippen LogP) is 3.71. The predicted molar refractivity (Wildman–Crippen MR) is 65.2 cm³/mol. The minimum absolute atomic E-state index is 0.186. The van der Waals surface area contributed by atoms with Gasteiger partial charge in [-0.2, -0.15) is 0 Å². The molecule has 1 nitrogen and oxygen atoms in total. The van der Waals surface area contributed by atoms with Crippen molar-refractivity contribution in [3.05, 3.63) is 34.6 Å². The molecule has 1 unspecified atom stereocenters. The lowest BCUT2D eigenvalue weighted by Gasteiger charge is -2.22. The summed E-state index contributed by atoms with van der Waals surface area (Å²) in [5.41, 5.74) is 6.81. The van der Waals surface area contributed by atoms with Gasteiger partial charge in [-0.3, -0.25) is 0 Å². The van der Waals surface area contributed by atoms with E-state index in [2.05, 4.69) is 0 Å². The molecule has 3 heteroatoms. The highest BCUT2D eigenvalue weighted by molar-refractivity contribution is 6.30. The summed E-state index contributed by atoms with van der Waals surface area (Å²) in [5, 5.41) is 0.186. The third-order valence-electron chi connectivity index (χ3n) is 3.59. The molecule has 1 aromatic carbocycles. The van der Waals surface area contributed by atoms with Gasteiger partial charge in [-0.25, -0.2) is 4.39 Å². The summed E-state index contributed by atoms with van der Waals surface area (Å²) in [6, 6.07) is 5.07. The van der Waals surface area contributed by atoms with Crippen LogP contribution < -0.4 is 5.73 Å². The number of benzene rings is 1. The quantitative estimate of drug-likeness (QED) is 0.858. The van der Waals surface area contributed by atoms with E-state index < -0.39 is 0 Å². The fourth-order valence-electron chi connectivity index (χ4n) is 2.70. The van der Waals surface area contributed by atoms with Gasteiger partial charge in [0, 0.05) is 0 Å². The van der Waals surface area contributed by atoms with Crippen LogP contribution in [-0.4, -0.2) is 6.54 Å². The molecule has 1 atom stereocenters. The maximum absolute atomic E-state index is 13.4. The van der Waals surface area contributed by atoms with Crippen molar-refractivity contribution in [2.75, 3.05) is 6.54 Å². The Bertz CT molecular complexity index is 361. The molecule has 1 fully saturated rings. The first-order chi connectivity index (χ1) is 7.72. The van der Waals surface area contributed by atoms with Crippen LogP contribution in [0.15, 0.2) is 18.2 Å². The molecule has 0 radical (unpaired) electrons. The van der Waals surface area contributed by atoms with Gasteiger partial charge in [0.1, 0.15) is 5.82 Å². The van der Waals surface area contributed by atoms with Gasteiger partial charge in [0.05, 0.1) is 5.02 Å². The van der Waals surface area contributed by atoms with Crippen molar-refractivity contribution in [3.63, 3.8) is 0 Å². The van der Waals surface area contributed by atoms with Crippen molar-refractivity contribution >= 4 is 11.6 Å². The molecule has 0 amide bonds. The average Bonchev–Trinajstić information content (AvgIpc) is 2.78. The molecule has 0 spiro atoms. The Morgan fingerprint density at radius 3 is 2.62 bits per heavy atom. The summed E-state index contributed by atoms with van der Waals surface area (Å²) in [4.78, 5) is 0. The first-order valence-corrected chi connectivity index (χ1v) is 6.25. The van der Waals surface area contributed by atoms with Crippen LogP contribution in [0.4, 0.5) is 4.39 Å². The summed E-state index contributed by atoms with van der Waals surface area (Å²) in [6.45, 7) is 0.589. The first kappa shape index (κ1) is 11.9. The summed E-state index contributed by atoms with van der Waals surface area (Å²) < 4.78 is 13.4. The molecule has 2 rings (SSSR count). The lowest BCUT2D eigenvalue weighted by Crippen LogP contribution is -2.19. The van der Waals surface area contributed by atoms with Gasteiger partial charge in [-0.05, 0) is 48.9 Å². The Morgan fingerprint density at radius 1 is 1.38 bits per heavy atom. The zero-order valence-corrected chi connectivity index (χ0v) is 10.0. The highest BCUT2D eigenvalue weighted by Gasteiger charge is 2.25. The van der Waals surface area contributed by atoms with Crippen molar-refractivity contribution in [2.45, 2.75) is 31.6 Å². The standard InChI is InChI=1S/C13H17ClFN/c14-12-6-5-10(7-13(12)15)11(8-16)9-3-1-2-4-9/h5-7,9,11H,1-4,8,16H2. The molecule has 1 aliphatic carbocycles. The molecular weight excluding hydrogens is 225 g/mol. The molecule has 1 aliphatic rings. The number of hydrogen-bond acceptors (Lipinski definition) is 1. The van der Waals surface area contributed by atoms with Crippen LogP contribution in [0.2, 0.25) is 5.02 Å². The normalized spacial score (nSPS) is 18.9. The molecule has 88 valence electrons. The van der Waals surface area contributed by atoms with Crippen LogP contribution in [-0.2, 0) is 0 Å². The van der Waals surface area contributed by atoms with Crippen molar-refractivity contribution in [1.29, 1.82) is 0 Å². The molecule has 1 aromatic rings. The van der Waals surface area contributed by atoms with Gasteiger partial charge < -0.3 is 5.73 Å². The van der Waals surface area contributed by atoms with Crippen LogP contribution >= 0.6 is 11.6 Å². The Balaban J connectivity index is 2.22. The maximum atomic E-state index is 13.4. The van der Waals surface area contributed by atoms with Crippen LogP contribution in [0.25, 0.3) is 0 Å². The summed E-state index contributed by atoms with van der Waals surface area (Å²) in [7, 11) is 0. The van der Waals surface area contributed by atoms with Crippen molar-refractivity contribution in [3.8, 4) is 0 Å². The second-order valence-electron chi connectivity index (χ2n) is 4.56. The van der Waals surface area contributed by atoms with Gasteiger partial charge in [0.15, 0.2) is 0 Å². The summed E-state index contributed by atoms with van der Waals surface area (Å²) in [6.07, 6.45) is 4.98. The van der Waals surface area contributed by atoms with Gasteiger partial charge in [-0.15, -0.1) is 0 Å². The van der Waals surface area contributed by atoms with Crippen molar-refractivity contribution < 1.29 is 4.39 Å². The number of hydrogen-bond donors (Lipinski definition) is 1. The van der Waals surface area contributed by atoms with E-state index in [1.807, 2.05) is 6.07 Å². The third-order valence-corrected chi connectivity index (χ3v) is 3.90. The van der Waals surface area contributed by atoms with Crippen molar-refractivity contribution in [1.82, 2.24) is 0 Å². The Hall–Kier alpha value is -0.600. The van der Waals surface area contributed by atoms with E-state index in [1.54, 1.807) is 6.07 Å². The highest BCUT2D eigenvalue weighted by atomic mass is 35.5. The van der Waals surface area contributed by atoms with E-state index in [-0.39, 0.29) is 16.8 Å². The largest absolute Gasteiger partial charge is 0.330 e. The van der Waals surface area contributed by atoms with Crippen LogP contribution in [0.5, 0.6) is 0 Å². The second-order valence-corrected chi connectivity index (χ2v) is 4.97. The monoisotopic (exact) mass is 241 g/mol. The van der Waals surface area contributed by atoms with Gasteiger partial charge in [-0.1, -0.05) is 30.5 Å². The number of rotatable bonds is 3. The van der Waals surface area contributed by atoms with Gasteiger partial charge in [0.25, 0.3) is 0 Å². The second kappa shape index (κ2) is 5.15. The molecule has 0 aliphatic heterocycles. The minimum Gasteiger partial charge on any atom is -0.330 e. The van der Waals surface area contributed by atoms with Gasteiger partial charge in [0.2, 0.25) is 0 Å². The molecule has 0 heterocycles. The van der Waals surface area contributed by atoms with E-state index in [0.29, 0.717) is 12.5 Å². The Labute approximate surface area is 101 Å². The van der Waals surface area contributed by atoms with Crippen LogP contribution in [0.1, 0.15) is 37.2 Å². The Morgan fingerprint density at radius 2 is 2.06 bits per heavy atom. The number of halogens is 2. The first-order valence-electron chi connectivity index (χ1n) is 5.87. The zero-order chi connectivity index (χ0) is 11.5. The summed E-state index contributed by atoms with van der Waals surface area (Å²) >= 11 is 5.68. The van der Waals surface area contributed by atoms with E-state index in [1.165, 1.54) is 31.7 Å². The lowest BCUT2D eigenvalue weighted by molar-refractivity contribution is 0.438. The molecular formula is C13H17ClFN. The number of nitrogens with two attached hydrogens (primary N) is 1. The molecule has 1 saturated carbocycles. The Kier molecular flexibility index (Phi) is 3.82. The molecule has 0 aromatic heterocycles. The minimum atomic E-state index is -0.337. The van der Waals surface area contributed by atoms with Gasteiger partial charge >= 0.3 is 0 Å². The van der Waals surface area contributed by atoms with E-state index in [9.17, 15) is 4.39 Å². The highest BCUT2D eigenvalue weighted by Crippen LogP contribution is 2.37. The lowest BCUT2D eigenvalue weighted by atomic mass is 9.85. The molecule has 2 N–H and O–H groups in total. The molecule has 0 saturated heterocycles. The molecule has 16 heavy (non-hydrogen) atoms. The SMILES string of the molecule is NCC(c1ccc(Cl)c(F)c1)C1CCCC1. The van der Waals surface area contributed by atoms with E-state index >= 15 is 0 Å². The third kappa shape index (κ3) is 2.38. The molecule has 0 bridgehead atoms. The maximum Gasteiger partial charge on any atom is 0.142 e. The zero-order valence-electron chi connectivity index (χ0n) is 9.26. The summed E-state index contributed by atoms with van der Waals surface area (Å²) in [5.74, 6) is 0.565.